The van der Waals surface area contributed by atoms with Crippen molar-refractivity contribution >= 4 is 38.6 Å². The number of hydrogen-bond donors (Lipinski definition) is 0. The molecule has 4 aromatic rings. The largest absolute Gasteiger partial charge is 0.323 e. The molecule has 0 amide bonds. The maximum atomic E-state index is 13.9. The molecule has 4 heteroatoms. The zero-order valence-corrected chi connectivity index (χ0v) is 15.3. The fourth-order valence-electron chi connectivity index (χ4n) is 3.00. The van der Waals surface area contributed by atoms with Gasteiger partial charge in [0, 0.05) is 28.0 Å². The number of hydrogen-bond acceptors (Lipinski definition) is 0. The van der Waals surface area contributed by atoms with E-state index >= 15 is 0 Å². The topological polar surface area (TPSA) is 4.93 Å². The molecule has 0 N–H and O–H groups in total. The maximum Gasteiger partial charge on any atom is 0.159 e. The average Bonchev–Trinajstić information content (AvgIpc) is 3.07. The van der Waals surface area contributed by atoms with Gasteiger partial charge in [-0.1, -0.05) is 64.5 Å². The van der Waals surface area contributed by atoms with Gasteiger partial charge in [-0.15, -0.1) is 0 Å². The third-order valence-corrected chi connectivity index (χ3v) is 4.94. The predicted molar refractivity (Wildman–Crippen MR) is 106 cm³/mol. The van der Waals surface area contributed by atoms with E-state index in [9.17, 15) is 8.78 Å². The van der Waals surface area contributed by atoms with E-state index in [-0.39, 0.29) is 0 Å². The van der Waals surface area contributed by atoms with Crippen molar-refractivity contribution in [2.45, 2.75) is 0 Å². The molecular formula is C22H14BrF2N. The molecule has 0 bridgehead atoms. The van der Waals surface area contributed by atoms with Gasteiger partial charge in [-0.3, -0.25) is 0 Å². The molecule has 0 saturated carbocycles. The summed E-state index contributed by atoms with van der Waals surface area (Å²) in [5, 5.41) is 1.11. The van der Waals surface area contributed by atoms with Gasteiger partial charge in [-0.2, -0.15) is 0 Å². The van der Waals surface area contributed by atoms with E-state index in [0.717, 1.165) is 28.1 Å². The number of aromatic nitrogens is 1. The van der Waals surface area contributed by atoms with Crippen molar-refractivity contribution in [3.05, 3.63) is 106 Å². The van der Waals surface area contributed by atoms with Gasteiger partial charge in [0.05, 0.1) is 5.52 Å². The second-order valence-electron chi connectivity index (χ2n) is 5.94. The van der Waals surface area contributed by atoms with Crippen LogP contribution in [-0.4, -0.2) is 4.57 Å². The Morgan fingerprint density at radius 2 is 1.54 bits per heavy atom. The van der Waals surface area contributed by atoms with Crippen molar-refractivity contribution < 1.29 is 8.78 Å². The normalized spacial score (nSPS) is 11.9. The Morgan fingerprint density at radius 1 is 0.846 bits per heavy atom. The molecule has 128 valence electrons. The summed E-state index contributed by atoms with van der Waals surface area (Å²) in [6.07, 6.45) is 3.90. The van der Waals surface area contributed by atoms with Crippen LogP contribution < -0.4 is 0 Å². The summed E-state index contributed by atoms with van der Waals surface area (Å²) in [6, 6.07) is 22.1. The van der Waals surface area contributed by atoms with Gasteiger partial charge >= 0.3 is 0 Å². The van der Waals surface area contributed by atoms with Gasteiger partial charge in [-0.05, 0) is 35.2 Å². The first-order valence-electron chi connectivity index (χ1n) is 8.11. The Labute approximate surface area is 158 Å². The quantitative estimate of drug-likeness (QED) is 0.330. The molecule has 1 heterocycles. The minimum atomic E-state index is -0.876. The smallest absolute Gasteiger partial charge is 0.159 e. The van der Waals surface area contributed by atoms with Crippen LogP contribution in [0.5, 0.6) is 0 Å². The number of halogens is 3. The number of nitrogens with zero attached hydrogens (tertiary/aromatic N) is 1. The first kappa shape index (κ1) is 16.7. The van der Waals surface area contributed by atoms with E-state index in [1.54, 1.807) is 0 Å². The third-order valence-electron chi connectivity index (χ3n) is 4.28. The summed E-state index contributed by atoms with van der Waals surface area (Å²) in [5.41, 5.74) is 3.34. The molecule has 0 aliphatic heterocycles. The zero-order chi connectivity index (χ0) is 18.1. The van der Waals surface area contributed by atoms with Gasteiger partial charge < -0.3 is 4.57 Å². The van der Waals surface area contributed by atoms with Gasteiger partial charge in [0.1, 0.15) is 0 Å². The molecule has 0 aliphatic rings. The van der Waals surface area contributed by atoms with Crippen molar-refractivity contribution in [1.82, 2.24) is 4.57 Å². The van der Waals surface area contributed by atoms with Crippen molar-refractivity contribution in [3.63, 3.8) is 0 Å². The lowest BCUT2D eigenvalue weighted by molar-refractivity contribution is 0.507. The summed E-state index contributed by atoms with van der Waals surface area (Å²) in [7, 11) is 0. The highest BCUT2D eigenvalue weighted by atomic mass is 79.9. The minimum absolute atomic E-state index is 0.503. The molecule has 3 aromatic carbocycles. The van der Waals surface area contributed by atoms with Crippen LogP contribution in [-0.2, 0) is 0 Å². The second-order valence-corrected chi connectivity index (χ2v) is 6.79. The number of para-hydroxylation sites is 1. The number of benzene rings is 3. The predicted octanol–water partition coefficient (Wildman–Crippen LogP) is 6.73. The summed E-state index contributed by atoms with van der Waals surface area (Å²) >= 11 is 3.38. The van der Waals surface area contributed by atoms with E-state index in [4.69, 9.17) is 0 Å². The standard InChI is InChI=1S/C22H14BrF2N/c23-19-13-21(25)20(24)12-17(19)18(15-6-2-1-3-7-15)14-26-11-10-16-8-4-5-9-22(16)26/h1-14H/b18-14+. The van der Waals surface area contributed by atoms with Crippen LogP contribution >= 0.6 is 15.9 Å². The second kappa shape index (κ2) is 6.89. The molecule has 0 saturated heterocycles. The lowest BCUT2D eigenvalue weighted by Gasteiger charge is -2.12. The van der Waals surface area contributed by atoms with E-state index in [2.05, 4.69) is 15.9 Å². The van der Waals surface area contributed by atoms with Crippen LogP contribution in [0.3, 0.4) is 0 Å². The van der Waals surface area contributed by atoms with Crippen LogP contribution in [0.25, 0.3) is 22.7 Å². The third kappa shape index (κ3) is 3.08. The van der Waals surface area contributed by atoms with Crippen molar-refractivity contribution in [2.24, 2.45) is 0 Å². The molecule has 0 unspecified atom stereocenters. The molecule has 26 heavy (non-hydrogen) atoms. The summed E-state index contributed by atoms with van der Waals surface area (Å²) in [5.74, 6) is -1.75. The van der Waals surface area contributed by atoms with Crippen LogP contribution in [0.2, 0.25) is 0 Å². The minimum Gasteiger partial charge on any atom is -0.323 e. The van der Waals surface area contributed by atoms with E-state index in [0.29, 0.717) is 10.0 Å². The van der Waals surface area contributed by atoms with Crippen LogP contribution in [0, 0.1) is 11.6 Å². The van der Waals surface area contributed by atoms with Crippen LogP contribution in [0.4, 0.5) is 8.78 Å². The van der Waals surface area contributed by atoms with Gasteiger partial charge in [0.15, 0.2) is 11.6 Å². The Kier molecular flexibility index (Phi) is 4.43. The van der Waals surface area contributed by atoms with E-state index in [1.807, 2.05) is 77.6 Å². The van der Waals surface area contributed by atoms with E-state index < -0.39 is 11.6 Å². The Morgan fingerprint density at radius 3 is 2.35 bits per heavy atom. The summed E-state index contributed by atoms with van der Waals surface area (Å²) in [6.45, 7) is 0. The fraction of sp³-hybridized carbons (Fsp3) is 0. The van der Waals surface area contributed by atoms with Gasteiger partial charge in [-0.25, -0.2) is 8.78 Å². The molecular weight excluding hydrogens is 396 g/mol. The lowest BCUT2D eigenvalue weighted by atomic mass is 9.98. The highest BCUT2D eigenvalue weighted by Crippen LogP contribution is 2.32. The number of fused-ring (bicyclic) bond motifs is 1. The lowest BCUT2D eigenvalue weighted by Crippen LogP contribution is -1.96. The average molecular weight is 410 g/mol. The molecule has 0 atom stereocenters. The molecule has 0 radical (unpaired) electrons. The van der Waals surface area contributed by atoms with Crippen LogP contribution in [0.15, 0.2) is 83.5 Å². The van der Waals surface area contributed by atoms with Crippen molar-refractivity contribution in [2.75, 3.05) is 0 Å². The maximum absolute atomic E-state index is 13.9. The molecule has 4 rings (SSSR count). The monoisotopic (exact) mass is 409 g/mol. The van der Waals surface area contributed by atoms with Gasteiger partial charge in [0.25, 0.3) is 0 Å². The summed E-state index contributed by atoms with van der Waals surface area (Å²) < 4.78 is 30.0. The highest BCUT2D eigenvalue weighted by Gasteiger charge is 2.14. The van der Waals surface area contributed by atoms with Gasteiger partial charge in [0.2, 0.25) is 0 Å². The fourth-order valence-corrected chi connectivity index (χ4v) is 3.53. The van der Waals surface area contributed by atoms with Crippen molar-refractivity contribution in [1.29, 1.82) is 0 Å². The molecule has 1 aromatic heterocycles. The molecule has 0 aliphatic carbocycles. The SMILES string of the molecule is Fc1cc(Br)c(/C(=C/n2ccc3ccccc32)c2ccccc2)cc1F. The van der Waals surface area contributed by atoms with E-state index in [1.165, 1.54) is 6.07 Å². The summed E-state index contributed by atoms with van der Waals surface area (Å²) in [4.78, 5) is 0. The number of rotatable bonds is 3. The Bertz CT molecular complexity index is 1110. The Hall–Kier alpha value is -2.72. The first-order valence-corrected chi connectivity index (χ1v) is 8.90. The Balaban J connectivity index is 1.97. The molecule has 1 nitrogen and oxygen atoms in total. The molecule has 0 fully saturated rings. The zero-order valence-electron chi connectivity index (χ0n) is 13.7. The molecule has 0 spiro atoms. The van der Waals surface area contributed by atoms with Crippen LogP contribution in [0.1, 0.15) is 11.1 Å². The first-order chi connectivity index (χ1) is 12.6. The van der Waals surface area contributed by atoms with Crippen molar-refractivity contribution in [3.8, 4) is 0 Å². The highest BCUT2D eigenvalue weighted by molar-refractivity contribution is 9.10.